The zero-order valence-electron chi connectivity index (χ0n) is 9.09. The van der Waals surface area contributed by atoms with Crippen molar-refractivity contribution in [2.45, 2.75) is 13.5 Å². The average Bonchev–Trinajstić information content (AvgIpc) is 2.64. The van der Waals surface area contributed by atoms with E-state index in [9.17, 15) is 4.79 Å². The van der Waals surface area contributed by atoms with Crippen LogP contribution in [0.15, 0.2) is 28.1 Å². The van der Waals surface area contributed by atoms with E-state index in [0.29, 0.717) is 18.7 Å². The van der Waals surface area contributed by atoms with E-state index in [1.165, 1.54) is 4.88 Å². The Bertz CT molecular complexity index is 376. The Kier molecular flexibility index (Phi) is 5.73. The summed E-state index contributed by atoms with van der Waals surface area (Å²) in [4.78, 5) is 12.4. The Labute approximate surface area is 108 Å². The van der Waals surface area contributed by atoms with Crippen molar-refractivity contribution in [1.29, 1.82) is 0 Å². The first-order valence-electron chi connectivity index (χ1n) is 4.93. The normalized spacial score (nSPS) is 10.1. The molecule has 0 saturated carbocycles. The Hall–Kier alpha value is -0.650. The third-order valence-electron chi connectivity index (χ3n) is 1.83. The fourth-order valence-corrected chi connectivity index (χ4v) is 2.54. The molecule has 3 nitrogen and oxygen atoms in total. The van der Waals surface area contributed by atoms with Gasteiger partial charge in [0.05, 0.1) is 10.4 Å². The highest BCUT2D eigenvalue weighted by atomic mass is 79.9. The smallest absolute Gasteiger partial charge is 0.334 e. The lowest BCUT2D eigenvalue weighted by Gasteiger charge is -2.05. The maximum Gasteiger partial charge on any atom is 0.334 e. The molecule has 1 aromatic heterocycles. The van der Waals surface area contributed by atoms with Crippen molar-refractivity contribution in [2.75, 3.05) is 13.2 Å². The lowest BCUT2D eigenvalue weighted by Crippen LogP contribution is -2.21. The minimum Gasteiger partial charge on any atom is -0.463 e. The topological polar surface area (TPSA) is 38.3 Å². The maximum absolute atomic E-state index is 11.2. The van der Waals surface area contributed by atoms with Gasteiger partial charge in [0.15, 0.2) is 0 Å². The summed E-state index contributed by atoms with van der Waals surface area (Å²) in [6.07, 6.45) is 0. The van der Waals surface area contributed by atoms with Crippen molar-refractivity contribution in [3.8, 4) is 0 Å². The van der Waals surface area contributed by atoms with Gasteiger partial charge in [0.2, 0.25) is 0 Å². The van der Waals surface area contributed by atoms with Crippen molar-refractivity contribution < 1.29 is 9.53 Å². The monoisotopic (exact) mass is 303 g/mol. The molecule has 88 valence electrons. The molecule has 0 bridgehead atoms. The molecule has 0 fully saturated rings. The van der Waals surface area contributed by atoms with Gasteiger partial charge in [0, 0.05) is 23.5 Å². The standard InChI is InChI=1S/C11H14BrNO2S/c1-3-15-11(14)8(2)6-13-7-9-4-5-10(12)16-9/h4-5,13H,2-3,6-7H2,1H3. The van der Waals surface area contributed by atoms with Gasteiger partial charge in [-0.1, -0.05) is 6.58 Å². The lowest BCUT2D eigenvalue weighted by atomic mass is 10.3. The number of thiophene rings is 1. The lowest BCUT2D eigenvalue weighted by molar-refractivity contribution is -0.138. The van der Waals surface area contributed by atoms with Gasteiger partial charge in [-0.05, 0) is 35.0 Å². The van der Waals surface area contributed by atoms with Gasteiger partial charge in [-0.15, -0.1) is 11.3 Å². The van der Waals surface area contributed by atoms with Crippen LogP contribution in [0, 0.1) is 0 Å². The van der Waals surface area contributed by atoms with Crippen molar-refractivity contribution in [1.82, 2.24) is 5.32 Å². The number of halogens is 1. The first-order valence-corrected chi connectivity index (χ1v) is 6.54. The maximum atomic E-state index is 11.2. The highest BCUT2D eigenvalue weighted by Gasteiger charge is 2.06. The molecular formula is C11H14BrNO2S. The third kappa shape index (κ3) is 4.47. The van der Waals surface area contributed by atoms with Crippen LogP contribution in [0.25, 0.3) is 0 Å². The zero-order chi connectivity index (χ0) is 12.0. The predicted molar refractivity (Wildman–Crippen MR) is 69.5 cm³/mol. The molecule has 0 aromatic carbocycles. The van der Waals surface area contributed by atoms with Crippen molar-refractivity contribution in [3.05, 3.63) is 32.9 Å². The molecule has 1 rings (SSSR count). The Morgan fingerprint density at radius 1 is 1.62 bits per heavy atom. The molecule has 0 aliphatic rings. The van der Waals surface area contributed by atoms with Crippen molar-refractivity contribution >= 4 is 33.2 Å². The summed E-state index contributed by atoms with van der Waals surface area (Å²) in [6, 6.07) is 4.04. The van der Waals surface area contributed by atoms with Crippen molar-refractivity contribution in [3.63, 3.8) is 0 Å². The second-order valence-electron chi connectivity index (χ2n) is 3.13. The highest BCUT2D eigenvalue weighted by Crippen LogP contribution is 2.21. The number of nitrogens with one attached hydrogen (secondary N) is 1. The summed E-state index contributed by atoms with van der Waals surface area (Å²) in [5, 5.41) is 3.14. The molecule has 16 heavy (non-hydrogen) atoms. The molecule has 5 heteroatoms. The second kappa shape index (κ2) is 6.83. The molecule has 0 atom stereocenters. The van der Waals surface area contributed by atoms with Crippen LogP contribution in [-0.2, 0) is 16.1 Å². The van der Waals surface area contributed by atoms with E-state index in [1.807, 2.05) is 12.1 Å². The quantitative estimate of drug-likeness (QED) is 0.649. The van der Waals surface area contributed by atoms with Crippen LogP contribution in [0.1, 0.15) is 11.8 Å². The fraction of sp³-hybridized carbons (Fsp3) is 0.364. The molecule has 0 saturated heterocycles. The average molecular weight is 304 g/mol. The Morgan fingerprint density at radius 3 is 2.94 bits per heavy atom. The van der Waals surface area contributed by atoms with Crippen LogP contribution in [0.4, 0.5) is 0 Å². The summed E-state index contributed by atoms with van der Waals surface area (Å²) in [5.74, 6) is -0.331. The Morgan fingerprint density at radius 2 is 2.38 bits per heavy atom. The first-order chi connectivity index (χ1) is 7.63. The van der Waals surface area contributed by atoms with E-state index in [4.69, 9.17) is 4.74 Å². The minimum absolute atomic E-state index is 0.331. The number of hydrogen-bond donors (Lipinski definition) is 1. The summed E-state index contributed by atoms with van der Waals surface area (Å²) in [7, 11) is 0. The number of carbonyl (C=O) groups excluding carboxylic acids is 1. The first kappa shape index (κ1) is 13.4. The van der Waals surface area contributed by atoms with Gasteiger partial charge < -0.3 is 10.1 Å². The van der Waals surface area contributed by atoms with Gasteiger partial charge in [-0.25, -0.2) is 4.79 Å². The van der Waals surface area contributed by atoms with Crippen LogP contribution in [0.3, 0.4) is 0 Å². The molecule has 1 aromatic rings. The molecule has 1 N–H and O–H groups in total. The molecule has 0 aliphatic carbocycles. The fourth-order valence-electron chi connectivity index (χ4n) is 1.09. The van der Waals surface area contributed by atoms with Crippen LogP contribution in [0.2, 0.25) is 0 Å². The number of esters is 1. The summed E-state index contributed by atoms with van der Waals surface area (Å²) in [5.41, 5.74) is 0.456. The molecule has 0 aliphatic heterocycles. The SMILES string of the molecule is C=C(CNCc1ccc(Br)s1)C(=O)OCC. The van der Waals surface area contributed by atoms with E-state index in [1.54, 1.807) is 18.3 Å². The largest absolute Gasteiger partial charge is 0.463 e. The molecule has 0 unspecified atom stereocenters. The van der Waals surface area contributed by atoms with Gasteiger partial charge in [-0.2, -0.15) is 0 Å². The summed E-state index contributed by atoms with van der Waals surface area (Å²) < 4.78 is 5.93. The van der Waals surface area contributed by atoms with Crippen LogP contribution in [-0.4, -0.2) is 19.1 Å². The Balaban J connectivity index is 2.25. The van der Waals surface area contributed by atoms with Crippen molar-refractivity contribution in [2.24, 2.45) is 0 Å². The molecule has 1 heterocycles. The predicted octanol–water partition coefficient (Wildman–Crippen LogP) is 2.72. The van der Waals surface area contributed by atoms with Crippen LogP contribution < -0.4 is 5.32 Å². The van der Waals surface area contributed by atoms with Crippen LogP contribution in [0.5, 0.6) is 0 Å². The molecular weight excluding hydrogens is 290 g/mol. The van der Waals surface area contributed by atoms with E-state index in [2.05, 4.69) is 27.8 Å². The summed E-state index contributed by atoms with van der Waals surface area (Å²) >= 11 is 5.06. The third-order valence-corrected chi connectivity index (χ3v) is 3.45. The number of carbonyl (C=O) groups is 1. The number of ether oxygens (including phenoxy) is 1. The minimum atomic E-state index is -0.331. The molecule has 0 amide bonds. The van der Waals surface area contributed by atoms with Crippen LogP contribution >= 0.6 is 27.3 Å². The van der Waals surface area contributed by atoms with E-state index in [-0.39, 0.29) is 5.97 Å². The van der Waals surface area contributed by atoms with Gasteiger partial charge in [0.1, 0.15) is 0 Å². The number of rotatable bonds is 6. The van der Waals surface area contributed by atoms with E-state index < -0.39 is 0 Å². The van der Waals surface area contributed by atoms with E-state index in [0.717, 1.165) is 10.3 Å². The zero-order valence-corrected chi connectivity index (χ0v) is 11.5. The van der Waals surface area contributed by atoms with Gasteiger partial charge >= 0.3 is 5.97 Å². The highest BCUT2D eigenvalue weighted by molar-refractivity contribution is 9.11. The summed E-state index contributed by atoms with van der Waals surface area (Å²) in [6.45, 7) is 7.01. The van der Waals surface area contributed by atoms with Gasteiger partial charge in [0.25, 0.3) is 0 Å². The van der Waals surface area contributed by atoms with Gasteiger partial charge in [-0.3, -0.25) is 0 Å². The number of hydrogen-bond acceptors (Lipinski definition) is 4. The molecule has 0 radical (unpaired) electrons. The second-order valence-corrected chi connectivity index (χ2v) is 5.68. The molecule has 0 spiro atoms. The van der Waals surface area contributed by atoms with E-state index >= 15 is 0 Å².